The summed E-state index contributed by atoms with van der Waals surface area (Å²) in [6.07, 6.45) is -4.59. The van der Waals surface area contributed by atoms with Crippen molar-refractivity contribution in [2.45, 2.75) is 16.8 Å². The third-order valence-electron chi connectivity index (χ3n) is 4.34. The van der Waals surface area contributed by atoms with Crippen molar-refractivity contribution >= 4 is 55.0 Å². The molecule has 5 nitrogen and oxygen atoms in total. The normalized spacial score (nSPS) is 11.8. The number of anilines is 2. The predicted octanol–water partition coefficient (Wildman–Crippen LogP) is 6.14. The van der Waals surface area contributed by atoms with Crippen LogP contribution in [0.15, 0.2) is 82.2 Å². The number of hydrogen-bond donors (Lipinski definition) is 2. The van der Waals surface area contributed by atoms with E-state index >= 15 is 0 Å². The van der Waals surface area contributed by atoms with Crippen LogP contribution in [0.25, 0.3) is 0 Å². The van der Waals surface area contributed by atoms with Gasteiger partial charge in [0, 0.05) is 21.6 Å². The highest BCUT2D eigenvalue weighted by atomic mass is 79.9. The number of carbonyl (C=O) groups is 1. The molecule has 0 aliphatic heterocycles. The van der Waals surface area contributed by atoms with E-state index in [0.29, 0.717) is 11.4 Å². The van der Waals surface area contributed by atoms with Gasteiger partial charge in [0.15, 0.2) is 0 Å². The van der Waals surface area contributed by atoms with Crippen LogP contribution in [-0.4, -0.2) is 20.1 Å². The lowest BCUT2D eigenvalue weighted by Gasteiger charge is -2.12. The Bertz CT molecular complexity index is 1230. The fraction of sp³-hybridized carbons (Fsp3) is 0.136. The van der Waals surface area contributed by atoms with Crippen LogP contribution < -0.4 is 10.0 Å². The van der Waals surface area contributed by atoms with Crippen molar-refractivity contribution in [2.75, 3.05) is 15.8 Å². The summed E-state index contributed by atoms with van der Waals surface area (Å²) in [5, 5.41) is 2.68. The zero-order valence-electron chi connectivity index (χ0n) is 16.9. The maximum atomic E-state index is 12.8. The Balaban J connectivity index is 1.57. The van der Waals surface area contributed by atoms with Crippen LogP contribution in [0, 0.1) is 0 Å². The van der Waals surface area contributed by atoms with Crippen molar-refractivity contribution in [3.63, 3.8) is 0 Å². The van der Waals surface area contributed by atoms with E-state index < -0.39 is 21.8 Å². The Labute approximate surface area is 202 Å². The lowest BCUT2D eigenvalue weighted by molar-refractivity contribution is -0.137. The molecular formula is C22H18BrF3N2O3S2. The van der Waals surface area contributed by atoms with Crippen LogP contribution in [0.5, 0.6) is 0 Å². The van der Waals surface area contributed by atoms with Crippen molar-refractivity contribution in [3.05, 3.63) is 88.4 Å². The van der Waals surface area contributed by atoms with E-state index in [2.05, 4.69) is 26.0 Å². The minimum atomic E-state index is -4.59. The number of halogens is 4. The third kappa shape index (κ3) is 7.24. The summed E-state index contributed by atoms with van der Waals surface area (Å²) < 4.78 is 66.6. The van der Waals surface area contributed by atoms with Crippen LogP contribution in [0.4, 0.5) is 24.5 Å². The molecule has 1 amide bonds. The van der Waals surface area contributed by atoms with Crippen molar-refractivity contribution in [3.8, 4) is 0 Å². The molecule has 3 aromatic carbocycles. The first kappa shape index (κ1) is 25.1. The monoisotopic (exact) mass is 558 g/mol. The second-order valence-corrected chi connectivity index (χ2v) is 10.4. The van der Waals surface area contributed by atoms with Gasteiger partial charge in [-0.3, -0.25) is 9.52 Å². The molecule has 0 spiro atoms. The minimum Gasteiger partial charge on any atom is -0.325 e. The number of alkyl halides is 3. The lowest BCUT2D eigenvalue weighted by Crippen LogP contribution is -2.15. The average molecular weight is 559 g/mol. The van der Waals surface area contributed by atoms with Gasteiger partial charge in [-0.05, 0) is 54.1 Å². The van der Waals surface area contributed by atoms with E-state index in [-0.39, 0.29) is 22.2 Å². The minimum absolute atomic E-state index is 0.152. The zero-order chi connectivity index (χ0) is 24.1. The molecule has 0 atom stereocenters. The molecule has 3 aromatic rings. The molecule has 0 saturated heterocycles. The highest BCUT2D eigenvalue weighted by molar-refractivity contribution is 9.10. The highest BCUT2D eigenvalue weighted by Crippen LogP contribution is 2.31. The van der Waals surface area contributed by atoms with Crippen molar-refractivity contribution in [1.29, 1.82) is 0 Å². The summed E-state index contributed by atoms with van der Waals surface area (Å²) in [5.74, 6) is 0.607. The molecular weight excluding hydrogens is 541 g/mol. The van der Waals surface area contributed by atoms with Crippen molar-refractivity contribution in [1.82, 2.24) is 0 Å². The summed E-state index contributed by atoms with van der Waals surface area (Å²) in [4.78, 5) is 12.0. The molecule has 0 aliphatic rings. The maximum Gasteiger partial charge on any atom is 0.416 e. The Morgan fingerprint density at radius 2 is 1.64 bits per heavy atom. The first-order chi connectivity index (χ1) is 15.5. The predicted molar refractivity (Wildman–Crippen MR) is 128 cm³/mol. The number of thioether (sulfide) groups is 1. The van der Waals surface area contributed by atoms with Gasteiger partial charge in [-0.15, -0.1) is 11.8 Å². The van der Waals surface area contributed by atoms with Crippen LogP contribution in [0.3, 0.4) is 0 Å². The molecule has 0 aliphatic carbocycles. The molecule has 0 unspecified atom stereocenters. The quantitative estimate of drug-likeness (QED) is 0.348. The summed E-state index contributed by atoms with van der Waals surface area (Å²) in [5.41, 5.74) is 0.306. The standard InChI is InChI=1S/C22H18BrF3N2O3S2/c23-20-7-2-1-4-15(20)13-32-14-21(29)27-17-8-10-19(11-9-17)33(30,31)28-18-6-3-5-16(12-18)22(24,25)26/h1-12,28H,13-14H2,(H,27,29). The number of rotatable bonds is 8. The molecule has 174 valence electrons. The van der Waals surface area contributed by atoms with Gasteiger partial charge >= 0.3 is 6.18 Å². The molecule has 0 fully saturated rings. The second kappa shape index (κ2) is 10.6. The van der Waals surface area contributed by atoms with Crippen LogP contribution >= 0.6 is 27.7 Å². The van der Waals surface area contributed by atoms with Gasteiger partial charge in [-0.2, -0.15) is 13.2 Å². The lowest BCUT2D eigenvalue weighted by atomic mass is 10.2. The summed E-state index contributed by atoms with van der Waals surface area (Å²) in [6, 6.07) is 17.0. The van der Waals surface area contributed by atoms with E-state index in [1.165, 1.54) is 42.1 Å². The van der Waals surface area contributed by atoms with E-state index in [4.69, 9.17) is 0 Å². The molecule has 0 radical (unpaired) electrons. The number of nitrogens with one attached hydrogen (secondary N) is 2. The Kier molecular flexibility index (Phi) is 8.09. The second-order valence-electron chi connectivity index (χ2n) is 6.84. The molecule has 2 N–H and O–H groups in total. The number of carbonyl (C=O) groups excluding carboxylic acids is 1. The molecule has 0 heterocycles. The molecule has 0 bridgehead atoms. The van der Waals surface area contributed by atoms with Crippen molar-refractivity contribution < 1.29 is 26.4 Å². The largest absolute Gasteiger partial charge is 0.416 e. The fourth-order valence-electron chi connectivity index (χ4n) is 2.76. The molecule has 0 aromatic heterocycles. The number of amides is 1. The SMILES string of the molecule is O=C(CSCc1ccccc1Br)Nc1ccc(S(=O)(=O)Nc2cccc(C(F)(F)F)c2)cc1. The first-order valence-electron chi connectivity index (χ1n) is 9.46. The third-order valence-corrected chi connectivity index (χ3v) is 7.49. The average Bonchev–Trinajstić information content (AvgIpc) is 2.75. The van der Waals surface area contributed by atoms with Gasteiger partial charge in [-0.25, -0.2) is 8.42 Å². The van der Waals surface area contributed by atoms with Gasteiger partial charge in [-0.1, -0.05) is 40.2 Å². The smallest absolute Gasteiger partial charge is 0.325 e. The van der Waals surface area contributed by atoms with E-state index in [0.717, 1.165) is 28.2 Å². The summed E-state index contributed by atoms with van der Waals surface area (Å²) >= 11 is 4.89. The summed E-state index contributed by atoms with van der Waals surface area (Å²) in [6.45, 7) is 0. The molecule has 0 saturated carbocycles. The van der Waals surface area contributed by atoms with Gasteiger partial charge < -0.3 is 5.32 Å². The molecule has 3 rings (SSSR count). The van der Waals surface area contributed by atoms with E-state index in [1.54, 1.807) is 0 Å². The van der Waals surface area contributed by atoms with Crippen molar-refractivity contribution in [2.24, 2.45) is 0 Å². The number of sulfonamides is 1. The van der Waals surface area contributed by atoms with E-state index in [1.807, 2.05) is 24.3 Å². The van der Waals surface area contributed by atoms with E-state index in [9.17, 15) is 26.4 Å². The van der Waals surface area contributed by atoms with Gasteiger partial charge in [0.2, 0.25) is 5.91 Å². The Morgan fingerprint density at radius 3 is 2.30 bits per heavy atom. The fourth-order valence-corrected chi connectivity index (χ4v) is 5.25. The Morgan fingerprint density at radius 1 is 0.939 bits per heavy atom. The number of hydrogen-bond acceptors (Lipinski definition) is 4. The zero-order valence-corrected chi connectivity index (χ0v) is 20.1. The Hall–Kier alpha value is -2.50. The van der Waals surface area contributed by atoms with Crippen LogP contribution in [-0.2, 0) is 26.7 Å². The summed E-state index contributed by atoms with van der Waals surface area (Å²) in [7, 11) is -4.11. The van der Waals surface area contributed by atoms with Crippen LogP contribution in [0.2, 0.25) is 0 Å². The van der Waals surface area contributed by atoms with Gasteiger partial charge in [0.1, 0.15) is 0 Å². The van der Waals surface area contributed by atoms with Gasteiger partial charge in [0.05, 0.1) is 16.2 Å². The highest BCUT2D eigenvalue weighted by Gasteiger charge is 2.30. The topological polar surface area (TPSA) is 75.3 Å². The first-order valence-corrected chi connectivity index (χ1v) is 12.9. The molecule has 11 heteroatoms. The van der Waals surface area contributed by atoms with Gasteiger partial charge in [0.25, 0.3) is 10.0 Å². The maximum absolute atomic E-state index is 12.8. The number of benzene rings is 3. The van der Waals surface area contributed by atoms with Crippen LogP contribution in [0.1, 0.15) is 11.1 Å². The molecule has 33 heavy (non-hydrogen) atoms.